The van der Waals surface area contributed by atoms with Gasteiger partial charge in [-0.05, 0) is 66.4 Å². The van der Waals surface area contributed by atoms with Crippen LogP contribution in [0.15, 0.2) is 97.1 Å². The largest absolute Gasteiger partial charge is 0.497 e. The van der Waals surface area contributed by atoms with Crippen molar-refractivity contribution in [2.24, 2.45) is 5.41 Å². The van der Waals surface area contributed by atoms with Crippen molar-refractivity contribution in [2.45, 2.75) is 82.5 Å². The van der Waals surface area contributed by atoms with Crippen LogP contribution in [0.5, 0.6) is 5.75 Å². The fraction of sp³-hybridized carbons (Fsp3) is 0.432. The van der Waals surface area contributed by atoms with Gasteiger partial charge in [0, 0.05) is 0 Å². The molecule has 0 bridgehead atoms. The molecule has 0 aromatic heterocycles. The summed E-state index contributed by atoms with van der Waals surface area (Å²) in [4.78, 5) is 0. The van der Waals surface area contributed by atoms with Crippen LogP contribution in [0.1, 0.15) is 51.3 Å². The zero-order valence-corrected chi connectivity index (χ0v) is 28.2. The van der Waals surface area contributed by atoms with Crippen LogP contribution in [-0.2, 0) is 24.2 Å². The van der Waals surface area contributed by atoms with Crippen LogP contribution >= 0.6 is 0 Å². The first-order chi connectivity index (χ1) is 20.7. The highest BCUT2D eigenvalue weighted by atomic mass is 28.4. The van der Waals surface area contributed by atoms with E-state index in [1.54, 1.807) is 7.11 Å². The first-order valence-electron chi connectivity index (χ1n) is 15.2. The number of methoxy groups -OCH3 is 1. The molecule has 1 aliphatic heterocycles. The average Bonchev–Trinajstić information content (AvgIpc) is 3.42. The quantitative estimate of drug-likeness (QED) is 0.139. The zero-order chi connectivity index (χ0) is 32.0. The molecule has 1 heterocycles. The summed E-state index contributed by atoms with van der Waals surface area (Å²) in [6.07, 6.45) is -1.61. The van der Waals surface area contributed by atoms with Crippen molar-refractivity contribution in [3.63, 3.8) is 0 Å². The van der Waals surface area contributed by atoms with Gasteiger partial charge in [0.2, 0.25) is 0 Å². The Morgan fingerprint density at radius 2 is 1.39 bits per heavy atom. The Morgan fingerprint density at radius 3 is 1.86 bits per heavy atom. The van der Waals surface area contributed by atoms with E-state index >= 15 is 0 Å². The molecule has 0 amide bonds. The minimum Gasteiger partial charge on any atom is -0.497 e. The molecule has 2 fully saturated rings. The van der Waals surface area contributed by atoms with E-state index in [2.05, 4.69) is 70.8 Å². The fourth-order valence-corrected chi connectivity index (χ4v) is 7.41. The first kappa shape index (κ1) is 32.1. The number of nitriles is 1. The van der Waals surface area contributed by atoms with E-state index in [1.165, 1.54) is 0 Å². The van der Waals surface area contributed by atoms with Gasteiger partial charge < -0.3 is 23.4 Å². The number of benzene rings is 3. The van der Waals surface area contributed by atoms with Gasteiger partial charge in [-0.25, -0.2) is 0 Å². The van der Waals surface area contributed by atoms with Crippen LogP contribution in [0.2, 0.25) is 18.1 Å². The maximum Gasteiger partial charge on any atom is 0.193 e. The van der Waals surface area contributed by atoms with E-state index < -0.39 is 43.4 Å². The number of ether oxygens (including phenoxy) is 4. The Morgan fingerprint density at radius 1 is 0.864 bits per heavy atom. The SMILES string of the molecule is C=C1[C@H](O[Si](C)(C)C(C)(C)C)[C@@H]2OC(C)(C)O[C@@H]2[C@@]1(C#N)COC(c1ccccc1)(c1ccccc1)c1ccc(OC)cc1. The Hall–Kier alpha value is -3.25. The molecule has 0 unspecified atom stereocenters. The highest BCUT2D eigenvalue weighted by molar-refractivity contribution is 6.74. The monoisotopic (exact) mass is 611 g/mol. The van der Waals surface area contributed by atoms with Crippen molar-refractivity contribution in [3.05, 3.63) is 114 Å². The molecule has 2 aliphatic rings. The van der Waals surface area contributed by atoms with Gasteiger partial charge >= 0.3 is 0 Å². The lowest BCUT2D eigenvalue weighted by Crippen LogP contribution is -2.47. The summed E-state index contributed by atoms with van der Waals surface area (Å²) in [7, 11) is -0.626. The summed E-state index contributed by atoms with van der Waals surface area (Å²) >= 11 is 0. The Labute approximate surface area is 263 Å². The van der Waals surface area contributed by atoms with E-state index in [-0.39, 0.29) is 11.6 Å². The zero-order valence-electron chi connectivity index (χ0n) is 27.2. The molecule has 6 nitrogen and oxygen atoms in total. The van der Waals surface area contributed by atoms with Crippen LogP contribution in [0.3, 0.4) is 0 Å². The van der Waals surface area contributed by atoms with E-state index in [0.29, 0.717) is 5.57 Å². The number of nitrogens with zero attached hydrogens (tertiary/aromatic N) is 1. The van der Waals surface area contributed by atoms with Gasteiger partial charge in [0.15, 0.2) is 14.1 Å². The maximum atomic E-state index is 11.1. The van der Waals surface area contributed by atoms with Crippen molar-refractivity contribution in [1.29, 1.82) is 5.26 Å². The maximum absolute atomic E-state index is 11.1. The van der Waals surface area contributed by atoms with Gasteiger partial charge in [0.05, 0.1) is 25.9 Å². The number of rotatable bonds is 9. The molecule has 0 N–H and O–H groups in total. The van der Waals surface area contributed by atoms with Gasteiger partial charge in [0.1, 0.15) is 29.0 Å². The van der Waals surface area contributed by atoms with Gasteiger partial charge in [-0.2, -0.15) is 5.26 Å². The Balaban J connectivity index is 1.64. The lowest BCUT2D eigenvalue weighted by molar-refractivity contribution is -0.167. The second-order valence-corrected chi connectivity index (χ2v) is 18.6. The minimum absolute atomic E-state index is 0.0100. The fourth-order valence-electron chi connectivity index (χ4n) is 6.15. The summed E-state index contributed by atoms with van der Waals surface area (Å²) in [5.74, 6) is -0.146. The van der Waals surface area contributed by atoms with Gasteiger partial charge in [-0.3, -0.25) is 0 Å². The van der Waals surface area contributed by atoms with Gasteiger partial charge in [-0.1, -0.05) is 100 Å². The summed E-state index contributed by atoms with van der Waals surface area (Å²) in [6.45, 7) is 19.3. The summed E-state index contributed by atoms with van der Waals surface area (Å²) < 4.78 is 32.7. The molecule has 3 aromatic rings. The van der Waals surface area contributed by atoms with Crippen LogP contribution in [0.25, 0.3) is 0 Å². The third-order valence-electron chi connectivity index (χ3n) is 9.63. The average molecular weight is 612 g/mol. The van der Waals surface area contributed by atoms with Crippen molar-refractivity contribution in [2.75, 3.05) is 13.7 Å². The lowest BCUT2D eigenvalue weighted by atomic mass is 9.78. The third-order valence-corrected chi connectivity index (χ3v) is 14.1. The van der Waals surface area contributed by atoms with Crippen molar-refractivity contribution in [1.82, 2.24) is 0 Å². The van der Waals surface area contributed by atoms with E-state index in [1.807, 2.05) is 74.5 Å². The van der Waals surface area contributed by atoms with Crippen LogP contribution in [0.4, 0.5) is 0 Å². The lowest BCUT2D eigenvalue weighted by Gasteiger charge is -2.41. The van der Waals surface area contributed by atoms with Gasteiger partial charge in [-0.15, -0.1) is 0 Å². The van der Waals surface area contributed by atoms with E-state index in [0.717, 1.165) is 22.4 Å². The summed E-state index contributed by atoms with van der Waals surface area (Å²) in [6, 6.07) is 30.8. The molecule has 4 atom stereocenters. The first-order valence-corrected chi connectivity index (χ1v) is 18.2. The number of hydrogen-bond acceptors (Lipinski definition) is 6. The second-order valence-electron chi connectivity index (χ2n) is 13.9. The van der Waals surface area contributed by atoms with Crippen molar-refractivity contribution >= 4 is 8.32 Å². The van der Waals surface area contributed by atoms with Crippen molar-refractivity contribution < 1.29 is 23.4 Å². The van der Waals surface area contributed by atoms with Gasteiger partial charge in [0.25, 0.3) is 0 Å². The standard InChI is InChI=1S/C37H45NO5Si/c1-26-31(43-44(8,9)34(2,3)4)32-33(42-35(5,6)41-32)36(26,24-38)25-40-37(27-16-12-10-13-17-27,28-18-14-11-15-19-28)29-20-22-30(39-7)23-21-29/h10-23,31-33H,1,25H2,2-9H3/t31-,32-,33-,36-/m0/s1. The second kappa shape index (κ2) is 11.6. The van der Waals surface area contributed by atoms with Crippen LogP contribution in [0, 0.1) is 16.7 Å². The molecule has 5 rings (SSSR count). The molecular weight excluding hydrogens is 566 g/mol. The third kappa shape index (κ3) is 5.44. The Kier molecular flexibility index (Phi) is 8.47. The summed E-state index contributed by atoms with van der Waals surface area (Å²) in [5, 5.41) is 11.0. The normalized spacial score (nSPS) is 25.0. The minimum atomic E-state index is -2.28. The molecule has 7 heteroatoms. The predicted octanol–water partition coefficient (Wildman–Crippen LogP) is 7.99. The molecule has 1 saturated heterocycles. The highest BCUT2D eigenvalue weighted by Crippen LogP contribution is 2.55. The van der Waals surface area contributed by atoms with Crippen LogP contribution in [-0.4, -0.2) is 46.1 Å². The molecule has 232 valence electrons. The number of hydrogen-bond donors (Lipinski definition) is 0. The van der Waals surface area contributed by atoms with E-state index in [9.17, 15) is 5.26 Å². The highest BCUT2D eigenvalue weighted by Gasteiger charge is 2.66. The number of fused-ring (bicyclic) bond motifs is 1. The molecule has 0 radical (unpaired) electrons. The van der Waals surface area contributed by atoms with Crippen LogP contribution < -0.4 is 4.74 Å². The molecule has 1 saturated carbocycles. The van der Waals surface area contributed by atoms with E-state index in [4.69, 9.17) is 23.4 Å². The predicted molar refractivity (Wildman–Crippen MR) is 175 cm³/mol. The molecule has 3 aromatic carbocycles. The topological polar surface area (TPSA) is 69.9 Å². The molecular formula is C37H45NO5Si. The molecule has 44 heavy (non-hydrogen) atoms. The molecule has 0 spiro atoms. The smallest absolute Gasteiger partial charge is 0.193 e. The molecule has 1 aliphatic carbocycles. The summed E-state index contributed by atoms with van der Waals surface area (Å²) in [5.41, 5.74) is 1.13. The van der Waals surface area contributed by atoms with Crippen molar-refractivity contribution in [3.8, 4) is 11.8 Å². The Bertz CT molecular complexity index is 1470.